The molecule has 166 valence electrons. The number of carbonyl (C=O) groups is 1. The summed E-state index contributed by atoms with van der Waals surface area (Å²) in [5, 5.41) is 1.70. The molecule has 0 N–H and O–H groups in total. The van der Waals surface area contributed by atoms with Crippen LogP contribution in [-0.4, -0.2) is 15.9 Å². The highest BCUT2D eigenvalue weighted by Gasteiger charge is 2.34. The second-order valence-electron chi connectivity index (χ2n) is 8.23. The first-order valence-electron chi connectivity index (χ1n) is 10.7. The molecule has 0 radical (unpaired) electrons. The number of anilines is 2. The zero-order valence-electron chi connectivity index (χ0n) is 17.7. The molecule has 3 aromatic carbocycles. The molecule has 1 aliphatic rings. The molecule has 4 nitrogen and oxygen atoms in total. The van der Waals surface area contributed by atoms with Crippen molar-refractivity contribution in [3.63, 3.8) is 0 Å². The van der Waals surface area contributed by atoms with Crippen molar-refractivity contribution >= 4 is 39.1 Å². The Balaban J connectivity index is 1.53. The lowest BCUT2D eigenvalue weighted by Crippen LogP contribution is -2.21. The molecule has 0 saturated carbocycles. The van der Waals surface area contributed by atoms with Crippen LogP contribution in [-0.2, 0) is 17.4 Å². The van der Waals surface area contributed by atoms with Crippen molar-refractivity contribution in [3.8, 4) is 11.1 Å². The number of hydrogen-bond donors (Lipinski definition) is 0. The smallest absolute Gasteiger partial charge is 0.280 e. The van der Waals surface area contributed by atoms with Crippen LogP contribution < -0.4 is 4.90 Å². The first kappa shape index (κ1) is 20.4. The van der Waals surface area contributed by atoms with E-state index in [4.69, 9.17) is 0 Å². The van der Waals surface area contributed by atoms with Crippen LogP contribution in [0.25, 0.3) is 32.9 Å². The molecular formula is C27H16F3N3O. The molecule has 5 aromatic rings. The van der Waals surface area contributed by atoms with Crippen molar-refractivity contribution in [2.75, 3.05) is 4.90 Å². The first-order valence-corrected chi connectivity index (χ1v) is 10.7. The number of halogens is 3. The van der Waals surface area contributed by atoms with Gasteiger partial charge in [0.15, 0.2) is 0 Å². The molecule has 7 heteroatoms. The van der Waals surface area contributed by atoms with Crippen LogP contribution >= 0.6 is 0 Å². The number of para-hydroxylation sites is 1. The van der Waals surface area contributed by atoms with Crippen LogP contribution in [0.3, 0.4) is 0 Å². The van der Waals surface area contributed by atoms with E-state index in [0.717, 1.165) is 34.2 Å². The van der Waals surface area contributed by atoms with Crippen LogP contribution in [0, 0.1) is 0 Å². The quantitative estimate of drug-likeness (QED) is 0.298. The lowest BCUT2D eigenvalue weighted by molar-refractivity contribution is -0.137. The zero-order chi connectivity index (χ0) is 23.4. The molecular weight excluding hydrogens is 439 g/mol. The van der Waals surface area contributed by atoms with Crippen molar-refractivity contribution in [1.29, 1.82) is 0 Å². The number of carbonyl (C=O) groups excluding carboxylic acids is 1. The third-order valence-corrected chi connectivity index (χ3v) is 6.09. The summed E-state index contributed by atoms with van der Waals surface area (Å²) < 4.78 is 40.0. The molecule has 0 atom stereocenters. The summed E-state index contributed by atoms with van der Waals surface area (Å²) in [5.74, 6) is -0.290. The minimum Gasteiger partial charge on any atom is -0.280 e. The number of amides is 1. The highest BCUT2D eigenvalue weighted by molar-refractivity contribution is 6.14. The normalized spacial score (nSPS) is 13.6. The van der Waals surface area contributed by atoms with E-state index >= 15 is 0 Å². The highest BCUT2D eigenvalue weighted by Crippen LogP contribution is 2.42. The number of aromatic nitrogens is 2. The van der Waals surface area contributed by atoms with E-state index in [-0.39, 0.29) is 18.0 Å². The van der Waals surface area contributed by atoms with E-state index in [9.17, 15) is 18.0 Å². The molecule has 1 amide bonds. The molecule has 1 aliphatic heterocycles. The van der Waals surface area contributed by atoms with Gasteiger partial charge < -0.3 is 0 Å². The van der Waals surface area contributed by atoms with Crippen molar-refractivity contribution < 1.29 is 18.0 Å². The van der Waals surface area contributed by atoms with Crippen LogP contribution in [0.5, 0.6) is 0 Å². The Morgan fingerprint density at radius 2 is 1.62 bits per heavy atom. The lowest BCUT2D eigenvalue weighted by Gasteiger charge is -2.21. The minimum atomic E-state index is -4.50. The van der Waals surface area contributed by atoms with E-state index in [0.29, 0.717) is 22.2 Å². The Labute approximate surface area is 192 Å². The number of benzene rings is 3. The Hall–Kier alpha value is -4.26. The Kier molecular flexibility index (Phi) is 4.42. The van der Waals surface area contributed by atoms with Gasteiger partial charge in [0.1, 0.15) is 0 Å². The number of rotatable bonds is 2. The van der Waals surface area contributed by atoms with Gasteiger partial charge in [-0.1, -0.05) is 30.3 Å². The monoisotopic (exact) mass is 455 g/mol. The Morgan fingerprint density at radius 3 is 2.47 bits per heavy atom. The fourth-order valence-corrected chi connectivity index (χ4v) is 4.48. The largest absolute Gasteiger partial charge is 0.416 e. The van der Waals surface area contributed by atoms with Gasteiger partial charge in [-0.2, -0.15) is 13.2 Å². The number of fused-ring (bicyclic) bond motifs is 4. The Bertz CT molecular complexity index is 1610. The van der Waals surface area contributed by atoms with Crippen LogP contribution in [0.1, 0.15) is 11.1 Å². The van der Waals surface area contributed by atoms with Gasteiger partial charge in [0.05, 0.1) is 28.7 Å². The van der Waals surface area contributed by atoms with Gasteiger partial charge >= 0.3 is 6.18 Å². The van der Waals surface area contributed by atoms with Gasteiger partial charge in [0.2, 0.25) is 5.91 Å². The fraction of sp³-hybridized carbons (Fsp3) is 0.0741. The van der Waals surface area contributed by atoms with Gasteiger partial charge in [-0.05, 0) is 48.0 Å². The molecule has 2 aromatic heterocycles. The van der Waals surface area contributed by atoms with Gasteiger partial charge in [0.25, 0.3) is 0 Å². The molecule has 3 heterocycles. The molecule has 34 heavy (non-hydrogen) atoms. The zero-order valence-corrected chi connectivity index (χ0v) is 17.7. The molecule has 0 unspecified atom stereocenters. The van der Waals surface area contributed by atoms with Crippen LogP contribution in [0.2, 0.25) is 0 Å². The van der Waals surface area contributed by atoms with Crippen molar-refractivity contribution in [3.05, 3.63) is 96.3 Å². The maximum atomic E-state index is 13.3. The van der Waals surface area contributed by atoms with Gasteiger partial charge in [0, 0.05) is 40.0 Å². The third-order valence-electron chi connectivity index (χ3n) is 6.09. The highest BCUT2D eigenvalue weighted by atomic mass is 19.4. The summed E-state index contributed by atoms with van der Waals surface area (Å²) in [6, 6.07) is 20.4. The summed E-state index contributed by atoms with van der Waals surface area (Å²) >= 11 is 0. The fourth-order valence-electron chi connectivity index (χ4n) is 4.48. The van der Waals surface area contributed by atoms with Crippen molar-refractivity contribution in [1.82, 2.24) is 9.97 Å². The maximum absolute atomic E-state index is 13.3. The summed E-state index contributed by atoms with van der Waals surface area (Å²) in [5.41, 5.74) is 3.96. The number of hydrogen-bond acceptors (Lipinski definition) is 3. The summed E-state index contributed by atoms with van der Waals surface area (Å²) in [6.45, 7) is 0. The molecule has 0 spiro atoms. The molecule has 0 fully saturated rings. The summed E-state index contributed by atoms with van der Waals surface area (Å²) in [6.07, 6.45) is -1.01. The van der Waals surface area contributed by atoms with Gasteiger partial charge in [-0.25, -0.2) is 0 Å². The molecule has 0 saturated heterocycles. The number of alkyl halides is 3. The van der Waals surface area contributed by atoms with Crippen LogP contribution in [0.15, 0.2) is 85.2 Å². The number of pyridine rings is 2. The Morgan fingerprint density at radius 1 is 0.794 bits per heavy atom. The standard InChI is InChI=1S/C27H16F3N3O/c28-27(29,30)20-5-3-6-21(13-20)33-25(34)12-19-15-32-24-9-8-16(11-22(24)26(19)33)18-10-17-4-1-2-7-23(17)31-14-18/h1-11,13-15H,12H2. The number of nitrogens with zero attached hydrogens (tertiary/aromatic N) is 3. The summed E-state index contributed by atoms with van der Waals surface area (Å²) in [7, 11) is 0. The molecule has 0 bridgehead atoms. The van der Waals surface area contributed by atoms with Crippen molar-refractivity contribution in [2.24, 2.45) is 0 Å². The minimum absolute atomic E-state index is 0.0796. The molecule has 0 aliphatic carbocycles. The van der Waals surface area contributed by atoms with E-state index in [1.54, 1.807) is 12.4 Å². The SMILES string of the molecule is O=C1Cc2cnc3ccc(-c4cnc5ccccc5c4)cc3c2N1c1cccc(C(F)(F)F)c1. The van der Waals surface area contributed by atoms with Crippen LogP contribution in [0.4, 0.5) is 24.5 Å². The predicted octanol–water partition coefficient (Wildman–Crippen LogP) is 6.69. The first-order chi connectivity index (χ1) is 16.4. The van der Waals surface area contributed by atoms with E-state index in [2.05, 4.69) is 9.97 Å². The second-order valence-corrected chi connectivity index (χ2v) is 8.23. The maximum Gasteiger partial charge on any atom is 0.416 e. The van der Waals surface area contributed by atoms with E-state index in [1.807, 2.05) is 48.5 Å². The third kappa shape index (κ3) is 3.28. The lowest BCUT2D eigenvalue weighted by atomic mass is 10.0. The average molecular weight is 455 g/mol. The summed E-state index contributed by atoms with van der Waals surface area (Å²) in [4.78, 5) is 23.3. The average Bonchev–Trinajstić information content (AvgIpc) is 3.19. The van der Waals surface area contributed by atoms with Gasteiger partial charge in [-0.3, -0.25) is 19.7 Å². The van der Waals surface area contributed by atoms with E-state index < -0.39 is 11.7 Å². The molecule has 6 rings (SSSR count). The predicted molar refractivity (Wildman–Crippen MR) is 125 cm³/mol. The second kappa shape index (κ2) is 7.38. The topological polar surface area (TPSA) is 46.1 Å². The van der Waals surface area contributed by atoms with E-state index in [1.165, 1.54) is 17.0 Å². The van der Waals surface area contributed by atoms with Gasteiger partial charge in [-0.15, -0.1) is 0 Å². The van der Waals surface area contributed by atoms with Crippen molar-refractivity contribution in [2.45, 2.75) is 12.6 Å².